The number of hydrogen-bond donors (Lipinski definition) is 1. The summed E-state index contributed by atoms with van der Waals surface area (Å²) in [7, 11) is 0. The maximum absolute atomic E-state index is 12.2. The van der Waals surface area contributed by atoms with Crippen LogP contribution in [0.3, 0.4) is 0 Å². The number of piperidine rings is 1. The first-order chi connectivity index (χ1) is 8.63. The van der Waals surface area contributed by atoms with E-state index in [1.54, 1.807) is 9.80 Å². The maximum Gasteiger partial charge on any atom is 0.312 e. The largest absolute Gasteiger partial charge is 0.333 e. The maximum atomic E-state index is 12.2. The number of nitrogens with zero attached hydrogens (tertiary/aromatic N) is 2. The summed E-state index contributed by atoms with van der Waals surface area (Å²) < 4.78 is 0. The molecule has 0 spiro atoms. The Kier molecular flexibility index (Phi) is 4.22. The van der Waals surface area contributed by atoms with Crippen LogP contribution in [0.4, 0.5) is 0 Å². The van der Waals surface area contributed by atoms with Crippen molar-refractivity contribution in [3.63, 3.8) is 0 Å². The zero-order chi connectivity index (χ0) is 13.1. The highest BCUT2D eigenvalue weighted by molar-refractivity contribution is 6.35. The molecule has 2 N–H and O–H groups in total. The van der Waals surface area contributed by atoms with E-state index in [-0.39, 0.29) is 17.9 Å². The minimum atomic E-state index is -0.356. The summed E-state index contributed by atoms with van der Waals surface area (Å²) in [4.78, 5) is 27.8. The van der Waals surface area contributed by atoms with Gasteiger partial charge < -0.3 is 15.5 Å². The molecule has 0 radical (unpaired) electrons. The van der Waals surface area contributed by atoms with E-state index in [1.807, 2.05) is 6.92 Å². The average Bonchev–Trinajstić information content (AvgIpc) is 3.18. The molecule has 0 aromatic heterocycles. The molecule has 0 bridgehead atoms. The Labute approximate surface area is 108 Å². The molecule has 2 fully saturated rings. The van der Waals surface area contributed by atoms with Gasteiger partial charge in [-0.3, -0.25) is 9.59 Å². The summed E-state index contributed by atoms with van der Waals surface area (Å²) in [5.74, 6) is -0.682. The van der Waals surface area contributed by atoms with Gasteiger partial charge in [-0.2, -0.15) is 0 Å². The molecule has 0 aromatic rings. The fraction of sp³-hybridized carbons (Fsp3) is 0.846. The number of nitrogens with two attached hydrogens (primary N) is 1. The zero-order valence-corrected chi connectivity index (χ0v) is 11.1. The van der Waals surface area contributed by atoms with Crippen LogP contribution in [0.25, 0.3) is 0 Å². The Bertz CT molecular complexity index is 328. The van der Waals surface area contributed by atoms with E-state index in [9.17, 15) is 9.59 Å². The van der Waals surface area contributed by atoms with Gasteiger partial charge in [-0.05, 0) is 32.1 Å². The molecule has 5 nitrogen and oxygen atoms in total. The van der Waals surface area contributed by atoms with Gasteiger partial charge in [0.15, 0.2) is 0 Å². The molecule has 1 heterocycles. The van der Waals surface area contributed by atoms with E-state index >= 15 is 0 Å². The minimum Gasteiger partial charge on any atom is -0.333 e. The monoisotopic (exact) mass is 253 g/mol. The van der Waals surface area contributed by atoms with Crippen LogP contribution in [0.1, 0.15) is 39.0 Å². The van der Waals surface area contributed by atoms with E-state index in [4.69, 9.17) is 5.73 Å². The molecule has 1 aliphatic carbocycles. The van der Waals surface area contributed by atoms with E-state index < -0.39 is 0 Å². The standard InChI is InChI=1S/C13H23N3O2/c1-2-7-16(11-5-6-11)13(18)12(17)15-8-3-4-10(14)9-15/h10-11H,2-9,14H2,1H3. The second-order valence-electron chi connectivity index (χ2n) is 5.38. The highest BCUT2D eigenvalue weighted by Crippen LogP contribution is 2.27. The molecular weight excluding hydrogens is 230 g/mol. The second-order valence-corrected chi connectivity index (χ2v) is 5.38. The van der Waals surface area contributed by atoms with Crippen molar-refractivity contribution in [2.45, 2.75) is 51.1 Å². The Hall–Kier alpha value is -1.10. The van der Waals surface area contributed by atoms with Gasteiger partial charge in [0.05, 0.1) is 0 Å². The summed E-state index contributed by atoms with van der Waals surface area (Å²) in [5.41, 5.74) is 5.85. The van der Waals surface area contributed by atoms with Crippen molar-refractivity contribution < 1.29 is 9.59 Å². The first-order valence-corrected chi connectivity index (χ1v) is 6.99. The fourth-order valence-electron chi connectivity index (χ4n) is 2.53. The minimum absolute atomic E-state index is 0.0241. The van der Waals surface area contributed by atoms with Crippen LogP contribution in [0.5, 0.6) is 0 Å². The van der Waals surface area contributed by atoms with Crippen molar-refractivity contribution in [3.8, 4) is 0 Å². The Morgan fingerprint density at radius 2 is 2.06 bits per heavy atom. The zero-order valence-electron chi connectivity index (χ0n) is 11.1. The number of carbonyl (C=O) groups excluding carboxylic acids is 2. The molecule has 2 amide bonds. The lowest BCUT2D eigenvalue weighted by Gasteiger charge is -2.32. The Morgan fingerprint density at radius 3 is 2.61 bits per heavy atom. The normalized spacial score (nSPS) is 23.9. The van der Waals surface area contributed by atoms with Gasteiger partial charge in [0.25, 0.3) is 0 Å². The van der Waals surface area contributed by atoms with Gasteiger partial charge in [0.1, 0.15) is 0 Å². The number of amides is 2. The van der Waals surface area contributed by atoms with Crippen LogP contribution in [-0.2, 0) is 9.59 Å². The molecule has 1 saturated carbocycles. The molecule has 1 unspecified atom stereocenters. The highest BCUT2D eigenvalue weighted by atomic mass is 16.2. The van der Waals surface area contributed by atoms with E-state index in [0.29, 0.717) is 25.7 Å². The fourth-order valence-corrected chi connectivity index (χ4v) is 2.53. The lowest BCUT2D eigenvalue weighted by molar-refractivity contribution is -0.152. The SMILES string of the molecule is CCCN(C(=O)C(=O)N1CCCC(N)C1)C1CC1. The second kappa shape index (κ2) is 5.69. The first kappa shape index (κ1) is 13.3. The van der Waals surface area contributed by atoms with Crippen LogP contribution in [0, 0.1) is 0 Å². The lowest BCUT2D eigenvalue weighted by Crippen LogP contribution is -2.52. The molecule has 2 aliphatic rings. The number of likely N-dealkylation sites (tertiary alicyclic amines) is 1. The summed E-state index contributed by atoms with van der Waals surface area (Å²) in [5, 5.41) is 0. The lowest BCUT2D eigenvalue weighted by atomic mass is 10.1. The Balaban J connectivity index is 1.95. The van der Waals surface area contributed by atoms with Gasteiger partial charge in [0.2, 0.25) is 0 Å². The molecule has 102 valence electrons. The van der Waals surface area contributed by atoms with Gasteiger partial charge in [0, 0.05) is 31.7 Å². The van der Waals surface area contributed by atoms with Crippen molar-refractivity contribution in [1.29, 1.82) is 0 Å². The molecular formula is C13H23N3O2. The first-order valence-electron chi connectivity index (χ1n) is 6.99. The molecule has 1 saturated heterocycles. The Morgan fingerprint density at radius 1 is 1.33 bits per heavy atom. The van der Waals surface area contributed by atoms with Crippen molar-refractivity contribution in [2.75, 3.05) is 19.6 Å². The van der Waals surface area contributed by atoms with Gasteiger partial charge in [-0.25, -0.2) is 0 Å². The van der Waals surface area contributed by atoms with Crippen LogP contribution < -0.4 is 5.73 Å². The van der Waals surface area contributed by atoms with E-state index in [0.717, 1.165) is 32.1 Å². The quantitative estimate of drug-likeness (QED) is 0.737. The third kappa shape index (κ3) is 3.02. The van der Waals surface area contributed by atoms with Crippen molar-refractivity contribution in [3.05, 3.63) is 0 Å². The predicted molar refractivity (Wildman–Crippen MR) is 68.8 cm³/mol. The summed E-state index contributed by atoms with van der Waals surface area (Å²) in [6, 6.07) is 0.330. The molecule has 0 aromatic carbocycles. The highest BCUT2D eigenvalue weighted by Gasteiger charge is 2.37. The number of hydrogen-bond acceptors (Lipinski definition) is 3. The molecule has 1 aliphatic heterocycles. The van der Waals surface area contributed by atoms with Crippen LogP contribution >= 0.6 is 0 Å². The van der Waals surface area contributed by atoms with Crippen molar-refractivity contribution in [2.24, 2.45) is 5.73 Å². The van der Waals surface area contributed by atoms with Gasteiger partial charge in [-0.1, -0.05) is 6.92 Å². The number of carbonyl (C=O) groups is 2. The average molecular weight is 253 g/mol. The predicted octanol–water partition coefficient (Wildman–Crippen LogP) is 0.337. The van der Waals surface area contributed by atoms with E-state index in [1.165, 1.54) is 0 Å². The van der Waals surface area contributed by atoms with Gasteiger partial charge >= 0.3 is 11.8 Å². The van der Waals surface area contributed by atoms with E-state index in [2.05, 4.69) is 0 Å². The summed E-state index contributed by atoms with van der Waals surface area (Å²) >= 11 is 0. The summed E-state index contributed by atoms with van der Waals surface area (Å²) in [6.07, 6.45) is 4.82. The van der Waals surface area contributed by atoms with Crippen LogP contribution in [-0.4, -0.2) is 53.3 Å². The third-order valence-corrected chi connectivity index (χ3v) is 3.64. The third-order valence-electron chi connectivity index (χ3n) is 3.64. The smallest absolute Gasteiger partial charge is 0.312 e. The molecule has 5 heteroatoms. The summed E-state index contributed by atoms with van der Waals surface area (Å²) in [6.45, 7) is 3.91. The molecule has 1 atom stereocenters. The molecule has 2 rings (SSSR count). The van der Waals surface area contributed by atoms with Crippen LogP contribution in [0.2, 0.25) is 0 Å². The van der Waals surface area contributed by atoms with Crippen LogP contribution in [0.15, 0.2) is 0 Å². The van der Waals surface area contributed by atoms with Crippen molar-refractivity contribution >= 4 is 11.8 Å². The topological polar surface area (TPSA) is 66.6 Å². The van der Waals surface area contributed by atoms with Crippen molar-refractivity contribution in [1.82, 2.24) is 9.80 Å². The molecule has 18 heavy (non-hydrogen) atoms. The number of rotatable bonds is 3. The van der Waals surface area contributed by atoms with Gasteiger partial charge in [-0.15, -0.1) is 0 Å².